The van der Waals surface area contributed by atoms with Crippen molar-refractivity contribution >= 4 is 44.3 Å². The number of amides is 1. The maximum Gasteiger partial charge on any atom is 0.245 e. The fraction of sp³-hybridized carbons (Fsp3) is 0.345. The number of halogens is 2. The van der Waals surface area contributed by atoms with Crippen molar-refractivity contribution in [2.75, 3.05) is 13.7 Å². The van der Waals surface area contributed by atoms with E-state index in [-0.39, 0.29) is 49.8 Å². The van der Waals surface area contributed by atoms with E-state index in [1.807, 2.05) is 18.2 Å². The third-order valence-electron chi connectivity index (χ3n) is 7.10. The number of carbonyl (C=O) groups excluding carboxylic acids is 3. The molecule has 0 unspecified atom stereocenters. The third kappa shape index (κ3) is 6.08. The molecule has 2 atom stereocenters. The normalized spacial score (nSPS) is 16.9. The maximum absolute atomic E-state index is 14.6. The van der Waals surface area contributed by atoms with Crippen molar-refractivity contribution in [2.45, 2.75) is 52.1 Å². The van der Waals surface area contributed by atoms with Gasteiger partial charge in [0.25, 0.3) is 0 Å². The number of aromatic nitrogens is 5. The van der Waals surface area contributed by atoms with Crippen LogP contribution in [0.15, 0.2) is 47.3 Å². The Morgan fingerprint density at radius 3 is 2.59 bits per heavy atom. The van der Waals surface area contributed by atoms with Gasteiger partial charge in [0, 0.05) is 43.8 Å². The van der Waals surface area contributed by atoms with Gasteiger partial charge in [0.05, 0.1) is 36.8 Å². The summed E-state index contributed by atoms with van der Waals surface area (Å²) in [5.41, 5.74) is 3.61. The van der Waals surface area contributed by atoms with Crippen LogP contribution in [0, 0.1) is 6.92 Å². The zero-order valence-electron chi connectivity index (χ0n) is 22.8. The number of alkyl halides is 1. The molecule has 3 aromatic heterocycles. The molecule has 0 N–H and O–H groups in total. The predicted molar refractivity (Wildman–Crippen MR) is 152 cm³/mol. The topological polar surface area (TPSA) is 120 Å². The SMILES string of the molecule is COCc1ccc(Br)nc1CC(=O)[C@@H]1C[C@@H](F)CN1C(=O)Cn1nc(C(C)=O)c2cc(-c3cnc(C)nc3)ccc21. The monoisotopic (exact) mass is 622 g/mol. The molecular weight excluding hydrogens is 595 g/mol. The van der Waals surface area contributed by atoms with Crippen LogP contribution in [0.1, 0.15) is 40.9 Å². The number of aryl methyl sites for hydroxylation is 1. The van der Waals surface area contributed by atoms with E-state index in [1.165, 1.54) is 16.5 Å². The fourth-order valence-electron chi connectivity index (χ4n) is 5.09. The number of nitrogens with zero attached hydrogens (tertiary/aromatic N) is 6. The van der Waals surface area contributed by atoms with Crippen LogP contribution in [0.4, 0.5) is 4.39 Å². The van der Waals surface area contributed by atoms with Gasteiger partial charge in [-0.25, -0.2) is 19.3 Å². The van der Waals surface area contributed by atoms with E-state index in [0.717, 1.165) is 16.7 Å². The van der Waals surface area contributed by atoms with Crippen LogP contribution in [0.25, 0.3) is 22.0 Å². The van der Waals surface area contributed by atoms with Gasteiger partial charge >= 0.3 is 0 Å². The first-order chi connectivity index (χ1) is 19.6. The van der Waals surface area contributed by atoms with Gasteiger partial charge in [0.15, 0.2) is 11.6 Å². The Kier molecular flexibility index (Phi) is 8.32. The number of carbonyl (C=O) groups is 3. The molecule has 1 fully saturated rings. The summed E-state index contributed by atoms with van der Waals surface area (Å²) < 4.78 is 21.8. The highest BCUT2D eigenvalue weighted by Crippen LogP contribution is 2.28. The lowest BCUT2D eigenvalue weighted by molar-refractivity contribution is -0.138. The van der Waals surface area contributed by atoms with Gasteiger partial charge in [0.2, 0.25) is 5.91 Å². The zero-order valence-corrected chi connectivity index (χ0v) is 24.4. The first-order valence-corrected chi connectivity index (χ1v) is 13.8. The highest BCUT2D eigenvalue weighted by molar-refractivity contribution is 9.10. The van der Waals surface area contributed by atoms with Crippen molar-refractivity contribution in [3.05, 3.63) is 70.1 Å². The van der Waals surface area contributed by atoms with Crippen molar-refractivity contribution in [1.82, 2.24) is 29.6 Å². The minimum absolute atomic E-state index is 0.0655. The number of hydrogen-bond acceptors (Lipinski definition) is 8. The molecule has 4 heterocycles. The molecule has 1 amide bonds. The number of ketones is 2. The van der Waals surface area contributed by atoms with Gasteiger partial charge in [-0.3, -0.25) is 19.1 Å². The standard InChI is InChI=1S/C29H28BrFN6O4/c1-16(38)29-22-8-18(20-11-32-17(2)33-12-20)4-6-24(22)37(35-29)14-28(40)36-13-21(31)9-25(36)26(39)10-23-19(15-41-3)5-7-27(30)34-23/h4-8,11-12,21,25H,9-10,13-15H2,1-3H3/t21-,25+/m1/s1. The molecule has 0 radical (unpaired) electrons. The third-order valence-corrected chi connectivity index (χ3v) is 7.54. The summed E-state index contributed by atoms with van der Waals surface area (Å²) in [5, 5.41) is 5.00. The Labute approximate surface area is 244 Å². The number of pyridine rings is 1. The van der Waals surface area contributed by atoms with E-state index in [1.54, 1.807) is 38.6 Å². The second kappa shape index (κ2) is 11.9. The van der Waals surface area contributed by atoms with Gasteiger partial charge < -0.3 is 9.64 Å². The highest BCUT2D eigenvalue weighted by atomic mass is 79.9. The number of Topliss-reactive ketones (excluding diaryl/α,β-unsaturated/α-hetero) is 2. The maximum atomic E-state index is 14.6. The molecule has 5 rings (SSSR count). The summed E-state index contributed by atoms with van der Waals surface area (Å²) in [7, 11) is 1.55. The molecule has 0 saturated carbocycles. The van der Waals surface area contributed by atoms with Gasteiger partial charge in [0.1, 0.15) is 28.8 Å². The number of likely N-dealkylation sites (tertiary alicyclic amines) is 1. The summed E-state index contributed by atoms with van der Waals surface area (Å²) in [4.78, 5) is 53.5. The van der Waals surface area contributed by atoms with Crippen LogP contribution in [-0.4, -0.2) is 73.0 Å². The van der Waals surface area contributed by atoms with Crippen LogP contribution in [0.2, 0.25) is 0 Å². The Bertz CT molecular complexity index is 1640. The average molecular weight is 623 g/mol. The highest BCUT2D eigenvalue weighted by Gasteiger charge is 2.40. The van der Waals surface area contributed by atoms with Crippen molar-refractivity contribution < 1.29 is 23.5 Å². The van der Waals surface area contributed by atoms with Gasteiger partial charge in [-0.1, -0.05) is 12.1 Å². The van der Waals surface area contributed by atoms with Crippen LogP contribution in [0.3, 0.4) is 0 Å². The van der Waals surface area contributed by atoms with E-state index in [9.17, 15) is 18.8 Å². The minimum Gasteiger partial charge on any atom is -0.380 e. The van der Waals surface area contributed by atoms with Crippen LogP contribution in [0.5, 0.6) is 0 Å². The molecule has 0 aliphatic carbocycles. The first-order valence-electron chi connectivity index (χ1n) is 13.0. The van der Waals surface area contributed by atoms with E-state index in [2.05, 4.69) is 36.0 Å². The quantitative estimate of drug-likeness (QED) is 0.202. The summed E-state index contributed by atoms with van der Waals surface area (Å²) in [6, 6.07) is 8.06. The Morgan fingerprint density at radius 1 is 1.12 bits per heavy atom. The molecule has 1 saturated heterocycles. The van der Waals surface area contributed by atoms with Crippen molar-refractivity contribution in [3.8, 4) is 11.1 Å². The number of methoxy groups -OCH3 is 1. The summed E-state index contributed by atoms with van der Waals surface area (Å²) >= 11 is 3.33. The largest absolute Gasteiger partial charge is 0.380 e. The number of benzene rings is 1. The Morgan fingerprint density at radius 2 is 1.88 bits per heavy atom. The molecule has 1 aromatic carbocycles. The minimum atomic E-state index is -1.33. The molecule has 4 aromatic rings. The molecular formula is C29H28BrFN6O4. The second-order valence-electron chi connectivity index (χ2n) is 10.0. The van der Waals surface area contributed by atoms with E-state index < -0.39 is 18.1 Å². The average Bonchev–Trinajstić information content (AvgIpc) is 3.51. The second-order valence-corrected chi connectivity index (χ2v) is 10.8. The molecule has 1 aliphatic rings. The number of fused-ring (bicyclic) bond motifs is 1. The molecule has 10 nitrogen and oxygen atoms in total. The lowest BCUT2D eigenvalue weighted by Gasteiger charge is -2.23. The smallest absolute Gasteiger partial charge is 0.245 e. The Balaban J connectivity index is 1.40. The molecule has 212 valence electrons. The summed E-state index contributed by atoms with van der Waals surface area (Å²) in [6.45, 7) is 3.03. The lowest BCUT2D eigenvalue weighted by atomic mass is 10.0. The van der Waals surface area contributed by atoms with E-state index in [4.69, 9.17) is 4.74 Å². The van der Waals surface area contributed by atoms with E-state index >= 15 is 0 Å². The van der Waals surface area contributed by atoms with Crippen molar-refractivity contribution in [2.24, 2.45) is 0 Å². The van der Waals surface area contributed by atoms with Crippen LogP contribution < -0.4 is 0 Å². The van der Waals surface area contributed by atoms with Crippen molar-refractivity contribution in [3.63, 3.8) is 0 Å². The molecule has 41 heavy (non-hydrogen) atoms. The fourth-order valence-corrected chi connectivity index (χ4v) is 5.44. The zero-order chi connectivity index (χ0) is 29.3. The number of rotatable bonds is 9. The predicted octanol–water partition coefficient (Wildman–Crippen LogP) is 4.06. The number of hydrogen-bond donors (Lipinski definition) is 0. The number of ether oxygens (including phenoxy) is 1. The van der Waals surface area contributed by atoms with E-state index in [0.29, 0.717) is 27.0 Å². The van der Waals surface area contributed by atoms with Gasteiger partial charge in [-0.15, -0.1) is 0 Å². The van der Waals surface area contributed by atoms with Gasteiger partial charge in [-0.2, -0.15) is 5.10 Å². The summed E-state index contributed by atoms with van der Waals surface area (Å²) in [5.74, 6) is -0.382. The van der Waals surface area contributed by atoms with Crippen molar-refractivity contribution in [1.29, 1.82) is 0 Å². The van der Waals surface area contributed by atoms with Crippen LogP contribution >= 0.6 is 15.9 Å². The molecule has 1 aliphatic heterocycles. The Hall–Kier alpha value is -3.90. The van der Waals surface area contributed by atoms with Crippen LogP contribution in [-0.2, 0) is 33.9 Å². The lowest BCUT2D eigenvalue weighted by Crippen LogP contribution is -2.43. The molecule has 0 bridgehead atoms. The molecule has 12 heteroatoms. The first kappa shape index (κ1) is 28.6. The molecule has 0 spiro atoms. The van der Waals surface area contributed by atoms with Gasteiger partial charge in [-0.05, 0) is 52.2 Å². The summed E-state index contributed by atoms with van der Waals surface area (Å²) in [6.07, 6.45) is 1.92.